The van der Waals surface area contributed by atoms with Gasteiger partial charge < -0.3 is 9.73 Å². The first kappa shape index (κ1) is 14.9. The molecule has 7 heteroatoms. The third kappa shape index (κ3) is 3.16. The number of rotatable bonds is 6. The number of anilines is 1. The van der Waals surface area contributed by atoms with E-state index in [4.69, 9.17) is 4.42 Å². The Morgan fingerprint density at radius 3 is 2.88 bits per heavy atom. The largest absolute Gasteiger partial charge is 0.468 e. The lowest BCUT2D eigenvalue weighted by molar-refractivity contribution is 0.225. The van der Waals surface area contributed by atoms with Crippen LogP contribution in [0.25, 0.3) is 5.82 Å². The fraction of sp³-hybridized carbons (Fsp3) is 0.353. The second kappa shape index (κ2) is 6.84. The molecule has 0 bridgehead atoms. The fourth-order valence-corrected chi connectivity index (χ4v) is 3.10. The number of furan rings is 1. The maximum atomic E-state index is 5.65. The molecule has 4 heterocycles. The predicted octanol–water partition coefficient (Wildman–Crippen LogP) is 2.50. The Labute approximate surface area is 140 Å². The highest BCUT2D eigenvalue weighted by Crippen LogP contribution is 2.25. The lowest BCUT2D eigenvalue weighted by atomic mass is 10.2. The van der Waals surface area contributed by atoms with E-state index in [9.17, 15) is 0 Å². The van der Waals surface area contributed by atoms with Gasteiger partial charge in [-0.2, -0.15) is 5.10 Å². The Hall–Kier alpha value is -2.67. The van der Waals surface area contributed by atoms with Crippen LogP contribution >= 0.6 is 0 Å². The van der Waals surface area contributed by atoms with Crippen molar-refractivity contribution in [3.05, 3.63) is 55.0 Å². The van der Waals surface area contributed by atoms with Crippen molar-refractivity contribution in [2.45, 2.75) is 18.9 Å². The van der Waals surface area contributed by atoms with Gasteiger partial charge in [0, 0.05) is 18.9 Å². The Bertz CT molecular complexity index is 749. The van der Waals surface area contributed by atoms with E-state index in [1.807, 2.05) is 24.4 Å². The number of aromatic nitrogens is 4. The number of hydrogen-bond donors (Lipinski definition) is 1. The molecule has 1 N–H and O–H groups in total. The first-order valence-corrected chi connectivity index (χ1v) is 8.23. The highest BCUT2D eigenvalue weighted by molar-refractivity contribution is 5.36. The van der Waals surface area contributed by atoms with Gasteiger partial charge in [-0.05, 0) is 44.1 Å². The van der Waals surface area contributed by atoms with Crippen LogP contribution in [0.2, 0.25) is 0 Å². The van der Waals surface area contributed by atoms with Gasteiger partial charge in [0.2, 0.25) is 0 Å². The molecule has 4 rings (SSSR count). The quantitative estimate of drug-likeness (QED) is 0.751. The number of likely N-dealkylation sites (tertiary alicyclic amines) is 1. The van der Waals surface area contributed by atoms with Gasteiger partial charge in [-0.25, -0.2) is 9.67 Å². The zero-order valence-corrected chi connectivity index (χ0v) is 13.4. The minimum absolute atomic E-state index is 0.206. The summed E-state index contributed by atoms with van der Waals surface area (Å²) >= 11 is 0. The summed E-state index contributed by atoms with van der Waals surface area (Å²) in [6.07, 6.45) is 11.2. The van der Waals surface area contributed by atoms with Gasteiger partial charge in [-0.3, -0.25) is 9.88 Å². The molecule has 0 spiro atoms. The molecule has 24 heavy (non-hydrogen) atoms. The van der Waals surface area contributed by atoms with E-state index in [2.05, 4.69) is 25.3 Å². The van der Waals surface area contributed by atoms with Crippen LogP contribution in [-0.4, -0.2) is 44.3 Å². The summed E-state index contributed by atoms with van der Waals surface area (Å²) in [5.41, 5.74) is 0. The molecule has 1 atom stereocenters. The molecule has 0 aliphatic carbocycles. The third-order valence-electron chi connectivity index (χ3n) is 4.29. The van der Waals surface area contributed by atoms with Gasteiger partial charge in [0.05, 0.1) is 24.7 Å². The van der Waals surface area contributed by atoms with Crippen molar-refractivity contribution in [1.82, 2.24) is 24.6 Å². The molecule has 3 aromatic heterocycles. The SMILES string of the molecule is c1coc([C@@H](CNc2cncc(-n3cccn3)n2)N2CCCC2)c1. The second-order valence-electron chi connectivity index (χ2n) is 5.87. The van der Waals surface area contributed by atoms with Crippen molar-refractivity contribution in [2.75, 3.05) is 25.0 Å². The Balaban J connectivity index is 1.49. The van der Waals surface area contributed by atoms with Gasteiger partial charge in [-0.15, -0.1) is 0 Å². The molecular weight excluding hydrogens is 304 g/mol. The summed E-state index contributed by atoms with van der Waals surface area (Å²) in [6.45, 7) is 2.93. The van der Waals surface area contributed by atoms with E-state index >= 15 is 0 Å². The molecule has 1 aliphatic heterocycles. The van der Waals surface area contributed by atoms with Crippen molar-refractivity contribution in [3.63, 3.8) is 0 Å². The maximum Gasteiger partial charge on any atom is 0.173 e. The van der Waals surface area contributed by atoms with Crippen molar-refractivity contribution < 1.29 is 4.42 Å². The van der Waals surface area contributed by atoms with E-state index in [0.717, 1.165) is 31.2 Å². The molecule has 1 fully saturated rings. The van der Waals surface area contributed by atoms with E-state index < -0.39 is 0 Å². The summed E-state index contributed by atoms with van der Waals surface area (Å²) in [7, 11) is 0. The molecule has 1 aliphatic rings. The minimum Gasteiger partial charge on any atom is -0.468 e. The molecule has 0 aromatic carbocycles. The topological polar surface area (TPSA) is 72.0 Å². The van der Waals surface area contributed by atoms with Crippen molar-refractivity contribution in [1.29, 1.82) is 0 Å². The molecule has 0 amide bonds. The van der Waals surface area contributed by atoms with Gasteiger partial charge in [-0.1, -0.05) is 0 Å². The van der Waals surface area contributed by atoms with Crippen LogP contribution in [0.15, 0.2) is 53.7 Å². The molecule has 1 saturated heterocycles. The van der Waals surface area contributed by atoms with Crippen LogP contribution in [0.4, 0.5) is 5.82 Å². The molecule has 0 radical (unpaired) electrons. The Morgan fingerprint density at radius 2 is 2.12 bits per heavy atom. The summed E-state index contributed by atoms with van der Waals surface area (Å²) in [5, 5.41) is 7.59. The van der Waals surface area contributed by atoms with E-state index in [1.54, 1.807) is 29.5 Å². The standard InChI is InChI=1S/C17H20N6O/c1-2-8-22(7-1)14(15-5-3-10-24-15)11-19-16-12-18-13-17(21-16)23-9-4-6-20-23/h3-6,9-10,12-14H,1-2,7-8,11H2,(H,19,21)/t14-/m1/s1. The van der Waals surface area contributed by atoms with E-state index in [-0.39, 0.29) is 6.04 Å². The Morgan fingerprint density at radius 1 is 1.21 bits per heavy atom. The number of nitrogens with zero attached hydrogens (tertiary/aromatic N) is 5. The van der Waals surface area contributed by atoms with E-state index in [0.29, 0.717) is 5.82 Å². The first-order valence-electron chi connectivity index (χ1n) is 8.23. The van der Waals surface area contributed by atoms with Crippen LogP contribution < -0.4 is 5.32 Å². The highest BCUT2D eigenvalue weighted by atomic mass is 16.3. The summed E-state index contributed by atoms with van der Waals surface area (Å²) < 4.78 is 7.34. The summed E-state index contributed by atoms with van der Waals surface area (Å²) in [5.74, 6) is 2.42. The monoisotopic (exact) mass is 324 g/mol. The van der Waals surface area contributed by atoms with Crippen molar-refractivity contribution >= 4 is 5.82 Å². The van der Waals surface area contributed by atoms with Crippen LogP contribution in [0, 0.1) is 0 Å². The van der Waals surface area contributed by atoms with Crippen molar-refractivity contribution in [2.24, 2.45) is 0 Å². The average Bonchev–Trinajstić information content (AvgIpc) is 3.38. The second-order valence-corrected chi connectivity index (χ2v) is 5.87. The lowest BCUT2D eigenvalue weighted by Gasteiger charge is -2.26. The van der Waals surface area contributed by atoms with Gasteiger partial charge in [0.1, 0.15) is 11.6 Å². The van der Waals surface area contributed by atoms with Crippen molar-refractivity contribution in [3.8, 4) is 5.82 Å². The lowest BCUT2D eigenvalue weighted by Crippen LogP contribution is -2.31. The van der Waals surface area contributed by atoms with Gasteiger partial charge >= 0.3 is 0 Å². The highest BCUT2D eigenvalue weighted by Gasteiger charge is 2.25. The molecule has 3 aromatic rings. The zero-order valence-electron chi connectivity index (χ0n) is 13.4. The average molecular weight is 324 g/mol. The first-order chi connectivity index (χ1) is 11.9. The van der Waals surface area contributed by atoms with Crippen LogP contribution in [0.5, 0.6) is 0 Å². The van der Waals surface area contributed by atoms with Gasteiger partial charge in [0.25, 0.3) is 0 Å². The fourth-order valence-electron chi connectivity index (χ4n) is 3.10. The maximum absolute atomic E-state index is 5.65. The predicted molar refractivity (Wildman–Crippen MR) is 89.9 cm³/mol. The van der Waals surface area contributed by atoms with Crippen LogP contribution in [0.1, 0.15) is 24.6 Å². The summed E-state index contributed by atoms with van der Waals surface area (Å²) in [6, 6.07) is 6.05. The van der Waals surface area contributed by atoms with Crippen LogP contribution in [-0.2, 0) is 0 Å². The minimum atomic E-state index is 0.206. The Kier molecular flexibility index (Phi) is 4.24. The van der Waals surface area contributed by atoms with E-state index in [1.165, 1.54) is 12.8 Å². The number of hydrogen-bond acceptors (Lipinski definition) is 6. The summed E-state index contributed by atoms with van der Waals surface area (Å²) in [4.78, 5) is 11.3. The molecule has 124 valence electrons. The zero-order chi connectivity index (χ0) is 16.2. The molecular formula is C17H20N6O. The normalized spacial score (nSPS) is 16.3. The third-order valence-corrected chi connectivity index (χ3v) is 4.29. The molecule has 0 unspecified atom stereocenters. The number of nitrogens with one attached hydrogen (secondary N) is 1. The smallest absolute Gasteiger partial charge is 0.173 e. The van der Waals surface area contributed by atoms with Gasteiger partial charge in [0.15, 0.2) is 5.82 Å². The molecule has 0 saturated carbocycles. The van der Waals surface area contributed by atoms with Crippen LogP contribution in [0.3, 0.4) is 0 Å². The molecule has 7 nitrogen and oxygen atoms in total.